The number of carbonyl (C=O) groups is 1. The summed E-state index contributed by atoms with van der Waals surface area (Å²) in [6.07, 6.45) is 1.78. The number of hydrogen-bond donors (Lipinski definition) is 2. The third-order valence-electron chi connectivity index (χ3n) is 4.24. The van der Waals surface area contributed by atoms with Crippen LogP contribution in [0.1, 0.15) is 29.8 Å². The molecule has 0 aliphatic heterocycles. The van der Waals surface area contributed by atoms with Crippen LogP contribution in [0.15, 0.2) is 60.8 Å². The fourth-order valence-electron chi connectivity index (χ4n) is 2.83. The van der Waals surface area contributed by atoms with Crippen molar-refractivity contribution < 1.29 is 9.53 Å². The van der Waals surface area contributed by atoms with E-state index >= 15 is 0 Å². The average Bonchev–Trinajstić information content (AvgIpc) is 3.10. The van der Waals surface area contributed by atoms with Crippen LogP contribution in [0, 0.1) is 0 Å². The Morgan fingerprint density at radius 3 is 2.61 bits per heavy atom. The molecule has 0 aliphatic carbocycles. The quantitative estimate of drug-likeness (QED) is 0.662. The van der Waals surface area contributed by atoms with Gasteiger partial charge < -0.3 is 15.8 Å². The third kappa shape index (κ3) is 4.98. The van der Waals surface area contributed by atoms with Gasteiger partial charge in [0.25, 0.3) is 5.91 Å². The minimum Gasteiger partial charge on any atom is -0.497 e. The van der Waals surface area contributed by atoms with Crippen molar-refractivity contribution in [2.24, 2.45) is 5.73 Å². The second-order valence-electron chi connectivity index (χ2n) is 7.48. The van der Waals surface area contributed by atoms with Crippen LogP contribution in [0.2, 0.25) is 0 Å². The number of methoxy groups -OCH3 is 1. The first kappa shape index (κ1) is 19.6. The average molecular weight is 378 g/mol. The molecule has 3 N–H and O–H groups in total. The summed E-state index contributed by atoms with van der Waals surface area (Å²) in [6.45, 7) is 4.69. The maximum absolute atomic E-state index is 12.9. The predicted octanol–water partition coefficient (Wildman–Crippen LogP) is 3.07. The summed E-state index contributed by atoms with van der Waals surface area (Å²) in [5, 5.41) is 7.59. The highest BCUT2D eigenvalue weighted by atomic mass is 16.5. The largest absolute Gasteiger partial charge is 0.497 e. The molecule has 1 amide bonds. The Morgan fingerprint density at radius 2 is 1.93 bits per heavy atom. The molecule has 0 spiro atoms. The Hall–Kier alpha value is -3.12. The molecule has 2 aromatic carbocycles. The number of nitrogens with zero attached hydrogens (tertiary/aromatic N) is 2. The van der Waals surface area contributed by atoms with E-state index in [1.54, 1.807) is 18.0 Å². The van der Waals surface area contributed by atoms with Crippen molar-refractivity contribution in [3.05, 3.63) is 71.9 Å². The van der Waals surface area contributed by atoms with Crippen LogP contribution in [0.25, 0.3) is 11.3 Å². The van der Waals surface area contributed by atoms with E-state index in [0.717, 1.165) is 11.1 Å². The second kappa shape index (κ2) is 8.27. The van der Waals surface area contributed by atoms with E-state index in [-0.39, 0.29) is 5.91 Å². The maximum Gasteiger partial charge on any atom is 0.255 e. The van der Waals surface area contributed by atoms with E-state index in [2.05, 4.69) is 10.4 Å². The molecule has 6 heteroatoms. The van der Waals surface area contributed by atoms with E-state index in [0.29, 0.717) is 30.1 Å². The Balaban J connectivity index is 1.96. The fourth-order valence-corrected chi connectivity index (χ4v) is 2.83. The number of nitrogens with two attached hydrogens (primary N) is 1. The molecule has 6 nitrogen and oxygen atoms in total. The number of carbonyl (C=O) groups excluding carboxylic acids is 1. The van der Waals surface area contributed by atoms with Gasteiger partial charge in [-0.2, -0.15) is 5.10 Å². The third-order valence-corrected chi connectivity index (χ3v) is 4.24. The van der Waals surface area contributed by atoms with Crippen molar-refractivity contribution in [1.82, 2.24) is 15.1 Å². The highest BCUT2D eigenvalue weighted by Crippen LogP contribution is 2.26. The summed E-state index contributed by atoms with van der Waals surface area (Å²) < 4.78 is 7.10. The Labute approximate surface area is 165 Å². The number of rotatable bonds is 7. The zero-order chi connectivity index (χ0) is 20.1. The van der Waals surface area contributed by atoms with E-state index in [1.807, 2.05) is 68.4 Å². The summed E-state index contributed by atoms with van der Waals surface area (Å²) in [7, 11) is 1.62. The monoisotopic (exact) mass is 378 g/mol. The topological polar surface area (TPSA) is 82.2 Å². The standard InChI is InChI=1S/C22H26N4O2/c1-22(2,23)15-24-21(27)19-14-26(13-16-8-5-4-6-9-16)25-20(19)17-10-7-11-18(12-17)28-3/h4-12,14H,13,15,23H2,1-3H3,(H,24,27). The van der Waals surface area contributed by atoms with Gasteiger partial charge in [-0.1, -0.05) is 42.5 Å². The van der Waals surface area contributed by atoms with Gasteiger partial charge in [-0.15, -0.1) is 0 Å². The molecular formula is C22H26N4O2. The molecule has 0 saturated heterocycles. The minimum absolute atomic E-state index is 0.198. The van der Waals surface area contributed by atoms with Crippen LogP contribution in [-0.2, 0) is 6.54 Å². The van der Waals surface area contributed by atoms with Crippen molar-refractivity contribution >= 4 is 5.91 Å². The summed E-state index contributed by atoms with van der Waals surface area (Å²) in [4.78, 5) is 12.9. The van der Waals surface area contributed by atoms with Crippen molar-refractivity contribution in [3.8, 4) is 17.0 Å². The van der Waals surface area contributed by atoms with Crippen LogP contribution in [0.4, 0.5) is 0 Å². The van der Waals surface area contributed by atoms with E-state index in [9.17, 15) is 4.79 Å². The highest BCUT2D eigenvalue weighted by Gasteiger charge is 2.20. The van der Waals surface area contributed by atoms with Crippen LogP contribution in [0.3, 0.4) is 0 Å². The minimum atomic E-state index is -0.494. The van der Waals surface area contributed by atoms with Gasteiger partial charge in [0.15, 0.2) is 0 Å². The van der Waals surface area contributed by atoms with Gasteiger partial charge >= 0.3 is 0 Å². The number of benzene rings is 2. The van der Waals surface area contributed by atoms with E-state index in [1.165, 1.54) is 0 Å². The molecular weight excluding hydrogens is 352 g/mol. The number of ether oxygens (including phenoxy) is 1. The van der Waals surface area contributed by atoms with Gasteiger partial charge in [-0.3, -0.25) is 9.48 Å². The molecule has 0 aliphatic rings. The van der Waals surface area contributed by atoms with Gasteiger partial charge in [0.1, 0.15) is 11.4 Å². The number of aromatic nitrogens is 2. The van der Waals surface area contributed by atoms with Crippen LogP contribution < -0.4 is 15.8 Å². The smallest absolute Gasteiger partial charge is 0.255 e. The molecule has 0 saturated carbocycles. The molecule has 3 rings (SSSR count). The SMILES string of the molecule is COc1cccc(-c2nn(Cc3ccccc3)cc2C(=O)NCC(C)(C)N)c1. The Morgan fingerprint density at radius 1 is 1.18 bits per heavy atom. The number of nitrogens with one attached hydrogen (secondary N) is 1. The molecule has 0 fully saturated rings. The van der Waals surface area contributed by atoms with Crippen LogP contribution in [0.5, 0.6) is 5.75 Å². The first-order valence-corrected chi connectivity index (χ1v) is 9.18. The van der Waals surface area contributed by atoms with Crippen molar-refractivity contribution in [3.63, 3.8) is 0 Å². The predicted molar refractivity (Wildman–Crippen MR) is 110 cm³/mol. The lowest BCUT2D eigenvalue weighted by Crippen LogP contribution is -2.45. The lowest BCUT2D eigenvalue weighted by Gasteiger charge is -2.18. The van der Waals surface area contributed by atoms with Gasteiger partial charge in [0, 0.05) is 23.8 Å². The van der Waals surface area contributed by atoms with Crippen molar-refractivity contribution in [1.29, 1.82) is 0 Å². The van der Waals surface area contributed by atoms with Gasteiger partial charge in [-0.05, 0) is 31.5 Å². The van der Waals surface area contributed by atoms with Crippen LogP contribution >= 0.6 is 0 Å². The molecule has 1 heterocycles. The maximum atomic E-state index is 12.9. The lowest BCUT2D eigenvalue weighted by molar-refractivity contribution is 0.0946. The molecule has 146 valence electrons. The van der Waals surface area contributed by atoms with E-state index < -0.39 is 5.54 Å². The summed E-state index contributed by atoms with van der Waals surface area (Å²) in [5.41, 5.74) is 8.56. The molecule has 28 heavy (non-hydrogen) atoms. The second-order valence-corrected chi connectivity index (χ2v) is 7.48. The van der Waals surface area contributed by atoms with Gasteiger partial charge in [0.05, 0.1) is 19.2 Å². The summed E-state index contributed by atoms with van der Waals surface area (Å²) >= 11 is 0. The highest BCUT2D eigenvalue weighted by molar-refractivity contribution is 5.99. The molecule has 0 bridgehead atoms. The van der Waals surface area contributed by atoms with Gasteiger partial charge in [-0.25, -0.2) is 0 Å². The first-order chi connectivity index (χ1) is 13.4. The summed E-state index contributed by atoms with van der Waals surface area (Å²) in [5.74, 6) is 0.514. The normalized spacial score (nSPS) is 11.3. The lowest BCUT2D eigenvalue weighted by atomic mass is 10.1. The molecule has 0 atom stereocenters. The Bertz CT molecular complexity index is 943. The molecule has 1 aromatic heterocycles. The number of hydrogen-bond acceptors (Lipinski definition) is 4. The first-order valence-electron chi connectivity index (χ1n) is 9.18. The molecule has 0 radical (unpaired) electrons. The van der Waals surface area contributed by atoms with Crippen molar-refractivity contribution in [2.75, 3.05) is 13.7 Å². The van der Waals surface area contributed by atoms with Crippen molar-refractivity contribution in [2.45, 2.75) is 25.9 Å². The fraction of sp³-hybridized carbons (Fsp3) is 0.273. The zero-order valence-corrected chi connectivity index (χ0v) is 16.5. The van der Waals surface area contributed by atoms with Crippen LogP contribution in [-0.4, -0.2) is 34.9 Å². The van der Waals surface area contributed by atoms with Gasteiger partial charge in [0.2, 0.25) is 0 Å². The molecule has 3 aromatic rings. The number of amides is 1. The summed E-state index contributed by atoms with van der Waals surface area (Å²) in [6, 6.07) is 17.5. The Kier molecular flexibility index (Phi) is 5.80. The van der Waals surface area contributed by atoms with E-state index in [4.69, 9.17) is 10.5 Å². The molecule has 0 unspecified atom stereocenters. The zero-order valence-electron chi connectivity index (χ0n) is 16.5.